The Hall–Kier alpha value is -3.97. The van der Waals surface area contributed by atoms with E-state index in [9.17, 15) is 8.42 Å². The van der Waals surface area contributed by atoms with Gasteiger partial charge in [0.2, 0.25) is 5.71 Å². The van der Waals surface area contributed by atoms with Crippen molar-refractivity contribution >= 4 is 26.8 Å². The number of rotatable bonds is 5. The number of nitrogen functional groups attached to an aromatic ring is 1. The molecule has 7 heteroatoms. The Bertz CT molecular complexity index is 1500. The highest BCUT2D eigenvalue weighted by molar-refractivity contribution is 7.90. The molecule has 0 saturated carbocycles. The first-order valence-corrected chi connectivity index (χ1v) is 11.7. The molecule has 0 radical (unpaired) electrons. The molecule has 0 unspecified atom stereocenters. The van der Waals surface area contributed by atoms with Gasteiger partial charge in [0.1, 0.15) is 23.2 Å². The maximum Gasteiger partial charge on any atom is 0.232 e. The Morgan fingerprint density at radius 1 is 0.750 bits per heavy atom. The number of sulfone groups is 1. The van der Waals surface area contributed by atoms with Gasteiger partial charge >= 0.3 is 0 Å². The van der Waals surface area contributed by atoms with E-state index in [0.717, 1.165) is 16.7 Å². The van der Waals surface area contributed by atoms with Gasteiger partial charge in [0.15, 0.2) is 9.84 Å². The number of furan rings is 1. The van der Waals surface area contributed by atoms with Crippen LogP contribution >= 0.6 is 0 Å². The third-order valence-corrected chi connectivity index (χ3v) is 6.77. The van der Waals surface area contributed by atoms with E-state index in [4.69, 9.17) is 10.2 Å². The smallest absolute Gasteiger partial charge is 0.232 e. The van der Waals surface area contributed by atoms with E-state index >= 15 is 0 Å². The third kappa shape index (κ3) is 3.63. The molecule has 158 valence electrons. The molecule has 5 aromatic rings. The summed E-state index contributed by atoms with van der Waals surface area (Å²) >= 11 is 0. The number of nitrogens with two attached hydrogens (primary N) is 1. The molecule has 0 aliphatic heterocycles. The minimum Gasteiger partial charge on any atom is -0.437 e. The molecule has 0 saturated heterocycles. The average molecular weight is 442 g/mol. The fraction of sp³-hybridized carbons (Fsp3) is 0.0400. The van der Waals surface area contributed by atoms with Gasteiger partial charge in [0, 0.05) is 11.1 Å². The molecular formula is C25H19N3O3S. The molecule has 0 atom stereocenters. The molecule has 0 amide bonds. The summed E-state index contributed by atoms with van der Waals surface area (Å²) in [6, 6.07) is 27.6. The molecule has 2 aromatic heterocycles. The molecule has 0 aliphatic rings. The highest BCUT2D eigenvalue weighted by Crippen LogP contribution is 2.42. The molecule has 2 N–H and O–H groups in total. The Morgan fingerprint density at radius 3 is 1.94 bits per heavy atom. The highest BCUT2D eigenvalue weighted by atomic mass is 32.2. The van der Waals surface area contributed by atoms with Crippen molar-refractivity contribution in [3.8, 4) is 22.5 Å². The Kier molecular flexibility index (Phi) is 4.95. The summed E-state index contributed by atoms with van der Waals surface area (Å²) in [4.78, 5) is 8.98. The topological polar surface area (TPSA) is 99.1 Å². The minimum atomic E-state index is -3.63. The Labute approximate surface area is 185 Å². The van der Waals surface area contributed by atoms with Gasteiger partial charge in [0.05, 0.1) is 10.3 Å². The fourth-order valence-electron chi connectivity index (χ4n) is 3.69. The quantitative estimate of drug-likeness (QED) is 0.407. The van der Waals surface area contributed by atoms with Crippen molar-refractivity contribution in [1.82, 2.24) is 9.97 Å². The summed E-state index contributed by atoms with van der Waals surface area (Å²) in [5.41, 5.74) is 9.15. The van der Waals surface area contributed by atoms with Crippen LogP contribution in [0.15, 0.2) is 100 Å². The maximum absolute atomic E-state index is 12.8. The lowest BCUT2D eigenvalue weighted by Crippen LogP contribution is -2.09. The molecule has 0 bridgehead atoms. The third-order valence-electron chi connectivity index (χ3n) is 5.15. The summed E-state index contributed by atoms with van der Waals surface area (Å²) in [6.07, 6.45) is 0. The second-order valence-corrected chi connectivity index (χ2v) is 9.31. The van der Waals surface area contributed by atoms with Gasteiger partial charge in [-0.15, -0.1) is 0 Å². The van der Waals surface area contributed by atoms with E-state index in [1.807, 2.05) is 60.7 Å². The van der Waals surface area contributed by atoms with Crippen LogP contribution in [0.2, 0.25) is 0 Å². The van der Waals surface area contributed by atoms with Crippen molar-refractivity contribution in [3.05, 3.63) is 96.8 Å². The van der Waals surface area contributed by atoms with Gasteiger partial charge in [-0.25, -0.2) is 13.4 Å². The largest absolute Gasteiger partial charge is 0.437 e. The number of hydrogen-bond donors (Lipinski definition) is 1. The lowest BCUT2D eigenvalue weighted by atomic mass is 9.99. The molecule has 0 spiro atoms. The van der Waals surface area contributed by atoms with E-state index in [1.165, 1.54) is 0 Å². The number of aromatic nitrogens is 2. The van der Waals surface area contributed by atoms with Crippen LogP contribution in [0.3, 0.4) is 0 Å². The minimum absolute atomic E-state index is 0.0897. The first kappa shape index (κ1) is 20.0. The average Bonchev–Trinajstić information content (AvgIpc) is 3.20. The van der Waals surface area contributed by atoms with Crippen molar-refractivity contribution < 1.29 is 12.8 Å². The summed E-state index contributed by atoms with van der Waals surface area (Å²) in [5, 5.41) is 0.566. The van der Waals surface area contributed by atoms with Crippen molar-refractivity contribution in [1.29, 1.82) is 0 Å². The molecule has 0 aliphatic carbocycles. The van der Waals surface area contributed by atoms with Gasteiger partial charge in [-0.3, -0.25) is 0 Å². The lowest BCUT2D eigenvalue weighted by Gasteiger charge is -2.06. The van der Waals surface area contributed by atoms with Crippen molar-refractivity contribution in [2.45, 2.75) is 10.6 Å². The predicted molar refractivity (Wildman–Crippen MR) is 124 cm³/mol. The summed E-state index contributed by atoms with van der Waals surface area (Å²) in [6.45, 7) is 0. The Balaban J connectivity index is 1.68. The van der Waals surface area contributed by atoms with Crippen LogP contribution < -0.4 is 5.73 Å². The van der Waals surface area contributed by atoms with E-state index < -0.39 is 9.84 Å². The zero-order valence-electron chi connectivity index (χ0n) is 17.0. The first-order chi connectivity index (χ1) is 15.5. The molecule has 6 nitrogen and oxygen atoms in total. The number of nitrogens with zero attached hydrogens (tertiary/aromatic N) is 2. The standard InChI is InChI=1S/C25H19N3O3S/c26-24-22-21(17-10-4-1-5-11-17)23(18-12-6-2-7-13-18)31-25(22)28-20(27-24)16-32(29,30)19-14-8-3-9-15-19/h1-15H,16H2,(H2,26,27,28). The molecular weight excluding hydrogens is 422 g/mol. The van der Waals surface area contributed by atoms with E-state index in [0.29, 0.717) is 11.1 Å². The molecule has 32 heavy (non-hydrogen) atoms. The van der Waals surface area contributed by atoms with Crippen LogP contribution in [0, 0.1) is 0 Å². The zero-order chi connectivity index (χ0) is 22.1. The first-order valence-electron chi connectivity index (χ1n) is 10.0. The van der Waals surface area contributed by atoms with E-state index in [-0.39, 0.29) is 28.0 Å². The van der Waals surface area contributed by atoms with Crippen LogP contribution in [0.1, 0.15) is 5.82 Å². The molecule has 2 heterocycles. The van der Waals surface area contributed by atoms with Crippen LogP contribution in [0.25, 0.3) is 33.6 Å². The number of fused-ring (bicyclic) bond motifs is 1. The SMILES string of the molecule is Nc1nc(CS(=O)(=O)c2ccccc2)nc2oc(-c3ccccc3)c(-c3ccccc3)c12. The van der Waals surface area contributed by atoms with Crippen molar-refractivity contribution in [2.24, 2.45) is 0 Å². The number of anilines is 1. The fourth-order valence-corrected chi connectivity index (χ4v) is 4.90. The normalized spacial score (nSPS) is 11.6. The van der Waals surface area contributed by atoms with Gasteiger partial charge in [0.25, 0.3) is 0 Å². The molecule has 5 rings (SSSR count). The van der Waals surface area contributed by atoms with Crippen LogP contribution in [-0.4, -0.2) is 18.4 Å². The second-order valence-electron chi connectivity index (χ2n) is 7.32. The highest BCUT2D eigenvalue weighted by Gasteiger charge is 2.24. The lowest BCUT2D eigenvalue weighted by molar-refractivity contribution is 0.592. The van der Waals surface area contributed by atoms with Crippen molar-refractivity contribution in [3.63, 3.8) is 0 Å². The second kappa shape index (κ2) is 7.94. The van der Waals surface area contributed by atoms with Crippen LogP contribution in [0.5, 0.6) is 0 Å². The van der Waals surface area contributed by atoms with E-state index in [2.05, 4.69) is 9.97 Å². The van der Waals surface area contributed by atoms with Gasteiger partial charge in [-0.1, -0.05) is 78.9 Å². The van der Waals surface area contributed by atoms with Crippen LogP contribution in [-0.2, 0) is 15.6 Å². The monoisotopic (exact) mass is 441 g/mol. The maximum atomic E-state index is 12.8. The summed E-state index contributed by atoms with van der Waals surface area (Å²) in [5.74, 6) is 0.500. The number of benzene rings is 3. The zero-order valence-corrected chi connectivity index (χ0v) is 17.8. The van der Waals surface area contributed by atoms with Crippen LogP contribution in [0.4, 0.5) is 5.82 Å². The van der Waals surface area contributed by atoms with Gasteiger partial charge < -0.3 is 10.2 Å². The molecule has 0 fully saturated rings. The number of hydrogen-bond acceptors (Lipinski definition) is 6. The van der Waals surface area contributed by atoms with E-state index in [1.54, 1.807) is 30.3 Å². The Morgan fingerprint density at radius 2 is 1.31 bits per heavy atom. The van der Waals surface area contributed by atoms with Crippen molar-refractivity contribution in [2.75, 3.05) is 5.73 Å². The summed E-state index contributed by atoms with van der Waals surface area (Å²) < 4.78 is 31.8. The molecule has 3 aromatic carbocycles. The van der Waals surface area contributed by atoms with Gasteiger partial charge in [-0.05, 0) is 17.7 Å². The predicted octanol–water partition coefficient (Wildman–Crippen LogP) is 5.11. The summed E-state index contributed by atoms with van der Waals surface area (Å²) in [7, 11) is -3.63. The van der Waals surface area contributed by atoms with Gasteiger partial charge in [-0.2, -0.15) is 4.98 Å².